The number of aryl methyl sites for hydroxylation is 1. The number of rotatable bonds is 2. The minimum atomic E-state index is -0.197. The molecule has 0 saturated heterocycles. The van der Waals surface area contributed by atoms with E-state index >= 15 is 0 Å². The standard InChI is InChI=1S/C13H14N2O/c1-9-7-11(8-15-13(9)16)12(14)10-5-3-2-4-6-10/h2-8,12H,14H2,1H3,(H,15,16). The van der Waals surface area contributed by atoms with Gasteiger partial charge < -0.3 is 10.7 Å². The summed E-state index contributed by atoms with van der Waals surface area (Å²) in [5, 5.41) is 0. The molecule has 0 radical (unpaired) electrons. The van der Waals surface area contributed by atoms with Crippen LogP contribution in [-0.2, 0) is 0 Å². The first kappa shape index (κ1) is 10.6. The van der Waals surface area contributed by atoms with Gasteiger partial charge >= 0.3 is 0 Å². The second kappa shape index (κ2) is 4.33. The van der Waals surface area contributed by atoms with Crippen LogP contribution in [0.1, 0.15) is 22.7 Å². The minimum Gasteiger partial charge on any atom is -0.329 e. The van der Waals surface area contributed by atoms with Gasteiger partial charge in [-0.2, -0.15) is 0 Å². The van der Waals surface area contributed by atoms with Crippen LogP contribution in [0, 0.1) is 6.92 Å². The lowest BCUT2D eigenvalue weighted by atomic mass is 10.0. The third-order valence-electron chi connectivity index (χ3n) is 2.63. The number of pyridine rings is 1. The van der Waals surface area contributed by atoms with E-state index in [0.717, 1.165) is 11.1 Å². The molecule has 0 saturated carbocycles. The summed E-state index contributed by atoms with van der Waals surface area (Å²) in [6, 6.07) is 11.4. The lowest BCUT2D eigenvalue weighted by molar-refractivity contribution is 0.857. The van der Waals surface area contributed by atoms with Gasteiger partial charge in [0.1, 0.15) is 0 Å². The second-order valence-corrected chi connectivity index (χ2v) is 3.83. The Bertz CT molecular complexity index is 531. The van der Waals surface area contributed by atoms with Crippen molar-refractivity contribution in [1.82, 2.24) is 4.98 Å². The number of aromatic amines is 1. The second-order valence-electron chi connectivity index (χ2n) is 3.83. The van der Waals surface area contributed by atoms with E-state index < -0.39 is 0 Å². The molecule has 0 aliphatic rings. The molecule has 1 aromatic heterocycles. The Morgan fingerprint density at radius 1 is 1.19 bits per heavy atom. The molecule has 3 N–H and O–H groups in total. The molecule has 0 bridgehead atoms. The maximum absolute atomic E-state index is 11.2. The summed E-state index contributed by atoms with van der Waals surface area (Å²) in [4.78, 5) is 13.9. The number of H-pyrrole nitrogens is 1. The third kappa shape index (κ3) is 2.04. The highest BCUT2D eigenvalue weighted by Gasteiger charge is 2.09. The molecule has 0 spiro atoms. The van der Waals surface area contributed by atoms with Crippen LogP contribution in [0.15, 0.2) is 47.4 Å². The molecule has 0 aliphatic carbocycles. The predicted molar refractivity (Wildman–Crippen MR) is 64.3 cm³/mol. The van der Waals surface area contributed by atoms with Crippen molar-refractivity contribution in [3.05, 3.63) is 69.6 Å². The molecular weight excluding hydrogens is 200 g/mol. The topological polar surface area (TPSA) is 58.9 Å². The van der Waals surface area contributed by atoms with Crippen LogP contribution in [0.5, 0.6) is 0 Å². The zero-order valence-corrected chi connectivity index (χ0v) is 9.10. The maximum atomic E-state index is 11.2. The third-order valence-corrected chi connectivity index (χ3v) is 2.63. The fourth-order valence-corrected chi connectivity index (χ4v) is 1.65. The summed E-state index contributed by atoms with van der Waals surface area (Å²) in [5.74, 6) is 0. The smallest absolute Gasteiger partial charge is 0.250 e. The first-order valence-electron chi connectivity index (χ1n) is 5.18. The molecule has 0 aliphatic heterocycles. The molecule has 2 rings (SSSR count). The molecule has 1 heterocycles. The summed E-state index contributed by atoms with van der Waals surface area (Å²) in [6.07, 6.45) is 1.67. The fourth-order valence-electron chi connectivity index (χ4n) is 1.65. The summed E-state index contributed by atoms with van der Waals surface area (Å²) in [5.41, 5.74) is 8.69. The predicted octanol–water partition coefficient (Wildman–Crippen LogP) is 1.73. The minimum absolute atomic E-state index is 0.0657. The first-order chi connectivity index (χ1) is 7.68. The van der Waals surface area contributed by atoms with E-state index in [9.17, 15) is 4.79 Å². The van der Waals surface area contributed by atoms with E-state index in [1.165, 1.54) is 0 Å². The van der Waals surface area contributed by atoms with Gasteiger partial charge in [-0.15, -0.1) is 0 Å². The van der Waals surface area contributed by atoms with Gasteiger partial charge in [0, 0.05) is 11.8 Å². The largest absolute Gasteiger partial charge is 0.329 e. The highest BCUT2D eigenvalue weighted by atomic mass is 16.1. The first-order valence-corrected chi connectivity index (χ1v) is 5.18. The maximum Gasteiger partial charge on any atom is 0.250 e. The lowest BCUT2D eigenvalue weighted by Crippen LogP contribution is -2.16. The van der Waals surface area contributed by atoms with E-state index in [0.29, 0.717) is 5.56 Å². The molecular formula is C13H14N2O. The normalized spacial score (nSPS) is 12.4. The van der Waals surface area contributed by atoms with Gasteiger partial charge in [0.15, 0.2) is 0 Å². The van der Waals surface area contributed by atoms with E-state index in [1.807, 2.05) is 36.4 Å². The van der Waals surface area contributed by atoms with Crippen molar-refractivity contribution in [2.24, 2.45) is 5.73 Å². The van der Waals surface area contributed by atoms with E-state index in [-0.39, 0.29) is 11.6 Å². The van der Waals surface area contributed by atoms with Crippen molar-refractivity contribution >= 4 is 0 Å². The van der Waals surface area contributed by atoms with Crippen molar-refractivity contribution in [3.8, 4) is 0 Å². The van der Waals surface area contributed by atoms with E-state index in [4.69, 9.17) is 5.73 Å². The molecule has 3 heteroatoms. The molecule has 1 unspecified atom stereocenters. The van der Waals surface area contributed by atoms with Crippen molar-refractivity contribution < 1.29 is 0 Å². The zero-order valence-electron chi connectivity index (χ0n) is 9.10. The quantitative estimate of drug-likeness (QED) is 0.799. The van der Waals surface area contributed by atoms with Crippen LogP contribution >= 0.6 is 0 Å². The Balaban J connectivity index is 2.38. The molecule has 3 nitrogen and oxygen atoms in total. The SMILES string of the molecule is Cc1cc(C(N)c2ccccc2)c[nH]c1=O. The van der Waals surface area contributed by atoms with Crippen LogP contribution in [0.2, 0.25) is 0 Å². The monoisotopic (exact) mass is 214 g/mol. The van der Waals surface area contributed by atoms with Crippen molar-refractivity contribution in [2.75, 3.05) is 0 Å². The van der Waals surface area contributed by atoms with Gasteiger partial charge in [0.25, 0.3) is 5.56 Å². The molecule has 0 fully saturated rings. The average Bonchev–Trinajstić information content (AvgIpc) is 2.33. The Labute approximate surface area is 93.9 Å². The molecule has 16 heavy (non-hydrogen) atoms. The van der Waals surface area contributed by atoms with Gasteiger partial charge in [-0.3, -0.25) is 4.79 Å². The van der Waals surface area contributed by atoms with Crippen molar-refractivity contribution in [2.45, 2.75) is 13.0 Å². The van der Waals surface area contributed by atoms with Gasteiger partial charge in [-0.25, -0.2) is 0 Å². The summed E-state index contributed by atoms with van der Waals surface area (Å²) < 4.78 is 0. The number of hydrogen-bond acceptors (Lipinski definition) is 2. The van der Waals surface area contributed by atoms with E-state index in [2.05, 4.69) is 4.98 Å². The summed E-state index contributed by atoms with van der Waals surface area (Å²) >= 11 is 0. The number of nitrogens with one attached hydrogen (secondary N) is 1. The van der Waals surface area contributed by atoms with Crippen LogP contribution in [0.25, 0.3) is 0 Å². The van der Waals surface area contributed by atoms with Gasteiger partial charge in [-0.1, -0.05) is 30.3 Å². The Hall–Kier alpha value is -1.87. The number of aromatic nitrogens is 1. The molecule has 1 atom stereocenters. The van der Waals surface area contributed by atoms with Crippen LogP contribution in [0.3, 0.4) is 0 Å². The number of nitrogens with two attached hydrogens (primary N) is 1. The Morgan fingerprint density at radius 3 is 2.50 bits per heavy atom. The highest BCUT2D eigenvalue weighted by molar-refractivity contribution is 5.30. The number of benzene rings is 1. The van der Waals surface area contributed by atoms with Gasteiger partial charge in [0.2, 0.25) is 0 Å². The van der Waals surface area contributed by atoms with Gasteiger partial charge in [0.05, 0.1) is 6.04 Å². The van der Waals surface area contributed by atoms with Crippen LogP contribution < -0.4 is 11.3 Å². The molecule has 0 amide bonds. The van der Waals surface area contributed by atoms with Gasteiger partial charge in [-0.05, 0) is 24.1 Å². The summed E-state index contributed by atoms with van der Waals surface area (Å²) in [7, 11) is 0. The van der Waals surface area contributed by atoms with Crippen molar-refractivity contribution in [3.63, 3.8) is 0 Å². The molecule has 82 valence electrons. The van der Waals surface area contributed by atoms with Crippen LogP contribution in [-0.4, -0.2) is 4.98 Å². The molecule has 1 aromatic carbocycles. The Morgan fingerprint density at radius 2 is 1.88 bits per heavy atom. The summed E-state index contributed by atoms with van der Waals surface area (Å²) in [6.45, 7) is 1.78. The zero-order chi connectivity index (χ0) is 11.5. The highest BCUT2D eigenvalue weighted by Crippen LogP contribution is 2.17. The van der Waals surface area contributed by atoms with Crippen LogP contribution in [0.4, 0.5) is 0 Å². The lowest BCUT2D eigenvalue weighted by Gasteiger charge is -2.12. The number of hydrogen-bond donors (Lipinski definition) is 2. The Kier molecular flexibility index (Phi) is 2.88. The van der Waals surface area contributed by atoms with Crippen molar-refractivity contribution in [1.29, 1.82) is 0 Å². The van der Waals surface area contributed by atoms with E-state index in [1.54, 1.807) is 13.1 Å². The average molecular weight is 214 g/mol. The molecule has 2 aromatic rings. The fraction of sp³-hybridized carbons (Fsp3) is 0.154.